The van der Waals surface area contributed by atoms with Crippen molar-refractivity contribution in [2.45, 2.75) is 44.6 Å². The minimum atomic E-state index is -0.0418. The van der Waals surface area contributed by atoms with Gasteiger partial charge in [-0.2, -0.15) is 0 Å². The molecular weight excluding hydrogens is 288 g/mol. The topological polar surface area (TPSA) is 53.4 Å². The lowest BCUT2D eigenvalue weighted by molar-refractivity contribution is 0.0679. The van der Waals surface area contributed by atoms with Crippen LogP contribution in [0.5, 0.6) is 0 Å². The Morgan fingerprint density at radius 2 is 2.13 bits per heavy atom. The van der Waals surface area contributed by atoms with Gasteiger partial charge >= 0.3 is 0 Å². The number of carbonyl (C=O) groups is 1. The number of rotatable bonds is 3. The number of aliphatic hydroxyl groups is 1. The molecule has 4 nitrogen and oxygen atoms in total. The van der Waals surface area contributed by atoms with Crippen LogP contribution in [0, 0.1) is 6.92 Å². The van der Waals surface area contributed by atoms with Crippen LogP contribution in [-0.4, -0.2) is 40.1 Å². The summed E-state index contributed by atoms with van der Waals surface area (Å²) in [7, 11) is 0. The molecule has 1 aliphatic heterocycles. The zero-order valence-corrected chi connectivity index (χ0v) is 13.5. The standard InChI is InChI=1S/C19H22N2O2/c1-12-4-7-17-15(9-12)16(10-18(20-17)13-5-6-13)19(23)21-8-2-3-14(21)11-22/h4,7,9-10,13-14,22H,2-3,5-6,8,11H2,1H3/t14-/m1/s1. The average Bonchev–Trinajstić information content (AvgIpc) is 3.30. The van der Waals surface area contributed by atoms with Crippen LogP contribution < -0.4 is 0 Å². The quantitative estimate of drug-likeness (QED) is 0.948. The lowest BCUT2D eigenvalue weighted by Crippen LogP contribution is -2.37. The van der Waals surface area contributed by atoms with Crippen molar-refractivity contribution >= 4 is 16.8 Å². The Hall–Kier alpha value is -1.94. The number of aromatic nitrogens is 1. The second-order valence-corrected chi connectivity index (χ2v) is 6.87. The molecule has 2 aromatic rings. The van der Waals surface area contributed by atoms with Gasteiger partial charge in [-0.1, -0.05) is 11.6 Å². The molecule has 1 N–H and O–H groups in total. The van der Waals surface area contributed by atoms with E-state index in [0.29, 0.717) is 5.92 Å². The van der Waals surface area contributed by atoms with Gasteiger partial charge in [0.1, 0.15) is 0 Å². The highest BCUT2D eigenvalue weighted by molar-refractivity contribution is 6.06. The summed E-state index contributed by atoms with van der Waals surface area (Å²) in [4.78, 5) is 19.7. The van der Waals surface area contributed by atoms with E-state index in [-0.39, 0.29) is 18.6 Å². The number of benzene rings is 1. The predicted octanol–water partition coefficient (Wildman–Crippen LogP) is 3.02. The smallest absolute Gasteiger partial charge is 0.254 e. The fourth-order valence-electron chi connectivity index (χ4n) is 3.57. The summed E-state index contributed by atoms with van der Waals surface area (Å²) in [5.41, 5.74) is 3.83. The van der Waals surface area contributed by atoms with Crippen molar-refractivity contribution in [2.24, 2.45) is 0 Å². The number of carbonyl (C=O) groups excluding carboxylic acids is 1. The summed E-state index contributed by atoms with van der Waals surface area (Å²) in [6.45, 7) is 2.82. The van der Waals surface area contributed by atoms with Gasteiger partial charge in [-0.3, -0.25) is 9.78 Å². The van der Waals surface area contributed by atoms with E-state index in [2.05, 4.69) is 6.07 Å². The maximum atomic E-state index is 13.1. The first-order valence-corrected chi connectivity index (χ1v) is 8.50. The molecule has 2 heterocycles. The highest BCUT2D eigenvalue weighted by Crippen LogP contribution is 2.40. The summed E-state index contributed by atoms with van der Waals surface area (Å²) in [6, 6.07) is 8.07. The van der Waals surface area contributed by atoms with Gasteiger partial charge in [0.2, 0.25) is 0 Å². The molecule has 4 rings (SSSR count). The van der Waals surface area contributed by atoms with Gasteiger partial charge in [0.15, 0.2) is 0 Å². The molecule has 1 saturated carbocycles. The van der Waals surface area contributed by atoms with Gasteiger partial charge in [0.25, 0.3) is 5.91 Å². The molecule has 1 saturated heterocycles. The molecule has 1 aliphatic carbocycles. The first-order chi connectivity index (χ1) is 11.2. The van der Waals surface area contributed by atoms with E-state index in [1.807, 2.05) is 30.0 Å². The van der Waals surface area contributed by atoms with Crippen molar-refractivity contribution in [3.63, 3.8) is 0 Å². The van der Waals surface area contributed by atoms with Gasteiger partial charge in [-0.15, -0.1) is 0 Å². The van der Waals surface area contributed by atoms with Crippen LogP contribution in [0.1, 0.15) is 53.2 Å². The zero-order valence-electron chi connectivity index (χ0n) is 13.5. The minimum absolute atomic E-state index is 0.0418. The number of likely N-dealkylation sites (tertiary alicyclic amines) is 1. The number of aliphatic hydroxyl groups excluding tert-OH is 1. The molecule has 1 atom stereocenters. The van der Waals surface area contributed by atoms with E-state index >= 15 is 0 Å². The fourth-order valence-corrected chi connectivity index (χ4v) is 3.57. The van der Waals surface area contributed by atoms with Crippen LogP contribution in [0.3, 0.4) is 0 Å². The fraction of sp³-hybridized carbons (Fsp3) is 0.474. The van der Waals surface area contributed by atoms with Crippen molar-refractivity contribution in [3.8, 4) is 0 Å². The van der Waals surface area contributed by atoms with Crippen molar-refractivity contribution in [2.75, 3.05) is 13.2 Å². The third kappa shape index (κ3) is 2.61. The van der Waals surface area contributed by atoms with Crippen LogP contribution in [0.4, 0.5) is 0 Å². The molecule has 0 unspecified atom stereocenters. The number of hydrogen-bond donors (Lipinski definition) is 1. The van der Waals surface area contributed by atoms with E-state index in [0.717, 1.165) is 47.1 Å². The Balaban J connectivity index is 1.83. The molecule has 23 heavy (non-hydrogen) atoms. The van der Waals surface area contributed by atoms with E-state index in [4.69, 9.17) is 4.98 Å². The minimum Gasteiger partial charge on any atom is -0.394 e. The largest absolute Gasteiger partial charge is 0.394 e. The molecule has 0 radical (unpaired) electrons. The van der Waals surface area contributed by atoms with Crippen molar-refractivity contribution in [1.29, 1.82) is 0 Å². The van der Waals surface area contributed by atoms with E-state index < -0.39 is 0 Å². The van der Waals surface area contributed by atoms with Crippen LogP contribution in [0.25, 0.3) is 10.9 Å². The monoisotopic (exact) mass is 310 g/mol. The van der Waals surface area contributed by atoms with Crippen LogP contribution >= 0.6 is 0 Å². The normalized spacial score (nSPS) is 21.1. The lowest BCUT2D eigenvalue weighted by atomic mass is 10.0. The maximum absolute atomic E-state index is 13.1. The van der Waals surface area contributed by atoms with E-state index in [9.17, 15) is 9.90 Å². The van der Waals surface area contributed by atoms with Crippen molar-refractivity contribution < 1.29 is 9.90 Å². The summed E-state index contributed by atoms with van der Waals surface area (Å²) < 4.78 is 0. The molecule has 4 heteroatoms. The summed E-state index contributed by atoms with van der Waals surface area (Å²) >= 11 is 0. The van der Waals surface area contributed by atoms with Crippen LogP contribution in [0.2, 0.25) is 0 Å². The van der Waals surface area contributed by atoms with Crippen molar-refractivity contribution in [1.82, 2.24) is 9.88 Å². The molecule has 1 aromatic heterocycles. The second kappa shape index (κ2) is 5.60. The van der Waals surface area contributed by atoms with E-state index in [1.54, 1.807) is 0 Å². The molecule has 0 bridgehead atoms. The number of fused-ring (bicyclic) bond motifs is 1. The Morgan fingerprint density at radius 1 is 1.30 bits per heavy atom. The van der Waals surface area contributed by atoms with Crippen LogP contribution in [-0.2, 0) is 0 Å². The van der Waals surface area contributed by atoms with Gasteiger partial charge in [0.05, 0.1) is 23.7 Å². The first kappa shape index (κ1) is 14.6. The van der Waals surface area contributed by atoms with Gasteiger partial charge in [-0.25, -0.2) is 0 Å². The number of pyridine rings is 1. The molecule has 2 aliphatic rings. The SMILES string of the molecule is Cc1ccc2nc(C3CC3)cc(C(=O)N3CCC[C@@H]3CO)c2c1. The molecular formula is C19H22N2O2. The first-order valence-electron chi connectivity index (χ1n) is 8.50. The number of nitrogens with zero attached hydrogens (tertiary/aromatic N) is 2. The number of hydrogen-bond acceptors (Lipinski definition) is 3. The third-order valence-electron chi connectivity index (χ3n) is 5.06. The Kier molecular flexibility index (Phi) is 3.57. The highest BCUT2D eigenvalue weighted by atomic mass is 16.3. The summed E-state index contributed by atoms with van der Waals surface area (Å²) in [5, 5.41) is 10.5. The van der Waals surface area contributed by atoms with Crippen LogP contribution in [0.15, 0.2) is 24.3 Å². The maximum Gasteiger partial charge on any atom is 0.254 e. The second-order valence-electron chi connectivity index (χ2n) is 6.87. The summed E-state index contributed by atoms with van der Waals surface area (Å²) in [5.74, 6) is 0.556. The Labute approximate surface area is 136 Å². The average molecular weight is 310 g/mol. The molecule has 1 aromatic carbocycles. The zero-order chi connectivity index (χ0) is 16.0. The summed E-state index contributed by atoms with van der Waals surface area (Å²) in [6.07, 6.45) is 4.19. The van der Waals surface area contributed by atoms with Gasteiger partial charge in [-0.05, 0) is 50.8 Å². The molecule has 120 valence electrons. The lowest BCUT2D eigenvalue weighted by Gasteiger charge is -2.24. The highest BCUT2D eigenvalue weighted by Gasteiger charge is 2.32. The molecule has 2 fully saturated rings. The Bertz CT molecular complexity index is 767. The third-order valence-corrected chi connectivity index (χ3v) is 5.06. The number of amides is 1. The van der Waals surface area contributed by atoms with Gasteiger partial charge < -0.3 is 10.0 Å². The molecule has 1 amide bonds. The molecule has 0 spiro atoms. The van der Waals surface area contributed by atoms with Gasteiger partial charge in [0, 0.05) is 23.5 Å². The van der Waals surface area contributed by atoms with Crippen molar-refractivity contribution in [3.05, 3.63) is 41.1 Å². The number of aryl methyl sites for hydroxylation is 1. The predicted molar refractivity (Wildman–Crippen MR) is 89.6 cm³/mol. The van der Waals surface area contributed by atoms with E-state index in [1.165, 1.54) is 12.8 Å². The Morgan fingerprint density at radius 3 is 2.87 bits per heavy atom.